The Kier molecular flexibility index (Phi) is 3.72. The van der Waals surface area contributed by atoms with E-state index < -0.39 is 0 Å². The Labute approximate surface area is 101 Å². The molecule has 0 aromatic rings. The summed E-state index contributed by atoms with van der Waals surface area (Å²) in [6.07, 6.45) is 2.30. The number of aliphatic hydroxyl groups excluding tert-OH is 1. The molecule has 1 amide bonds. The fraction of sp³-hybridized carbons (Fsp3) is 0.909. The van der Waals surface area contributed by atoms with Crippen molar-refractivity contribution in [2.75, 3.05) is 25.6 Å². The molecule has 0 aromatic heterocycles. The highest BCUT2D eigenvalue weighted by molar-refractivity contribution is 6.18. The van der Waals surface area contributed by atoms with Gasteiger partial charge in [0.15, 0.2) is 0 Å². The van der Waals surface area contributed by atoms with E-state index in [0.717, 1.165) is 13.0 Å². The van der Waals surface area contributed by atoms with E-state index in [1.54, 1.807) is 4.90 Å². The van der Waals surface area contributed by atoms with Gasteiger partial charge in [0.2, 0.25) is 5.91 Å². The summed E-state index contributed by atoms with van der Waals surface area (Å²) >= 11 is 5.56. The zero-order valence-electron chi connectivity index (χ0n) is 9.32. The monoisotopic (exact) mass is 247 g/mol. The third-order valence-corrected chi connectivity index (χ3v) is 3.63. The number of hydrogen-bond donors (Lipinski definition) is 1. The lowest BCUT2D eigenvalue weighted by atomic mass is 9.91. The Morgan fingerprint density at radius 2 is 2.44 bits per heavy atom. The molecule has 2 aliphatic heterocycles. The van der Waals surface area contributed by atoms with E-state index in [4.69, 9.17) is 16.3 Å². The van der Waals surface area contributed by atoms with Gasteiger partial charge < -0.3 is 14.7 Å². The predicted molar refractivity (Wildman–Crippen MR) is 60.5 cm³/mol. The van der Waals surface area contributed by atoms with Gasteiger partial charge in [-0.15, -0.1) is 11.6 Å². The Morgan fingerprint density at radius 3 is 3.12 bits per heavy atom. The molecule has 5 heteroatoms. The van der Waals surface area contributed by atoms with Crippen LogP contribution in [0.5, 0.6) is 0 Å². The summed E-state index contributed by atoms with van der Waals surface area (Å²) < 4.78 is 5.77. The number of nitrogens with zero attached hydrogens (tertiary/aromatic N) is 1. The molecule has 0 saturated carbocycles. The predicted octanol–water partition coefficient (Wildman–Crippen LogP) is 0.758. The van der Waals surface area contributed by atoms with Crippen molar-refractivity contribution in [3.05, 3.63) is 0 Å². The average molecular weight is 248 g/mol. The zero-order valence-corrected chi connectivity index (χ0v) is 10.1. The molecule has 2 saturated heterocycles. The summed E-state index contributed by atoms with van der Waals surface area (Å²) in [4.78, 5) is 13.5. The van der Waals surface area contributed by atoms with Gasteiger partial charge in [-0.1, -0.05) is 0 Å². The number of rotatable bonds is 2. The molecule has 4 nitrogen and oxygen atoms in total. The Balaban J connectivity index is 1.93. The van der Waals surface area contributed by atoms with Crippen LogP contribution in [0.4, 0.5) is 0 Å². The number of amides is 1. The molecule has 0 aliphatic carbocycles. The van der Waals surface area contributed by atoms with Crippen LogP contribution in [-0.2, 0) is 9.53 Å². The molecule has 1 spiro atoms. The second-order valence-corrected chi connectivity index (χ2v) is 5.06. The van der Waals surface area contributed by atoms with Crippen LogP contribution < -0.4 is 0 Å². The van der Waals surface area contributed by atoms with Gasteiger partial charge >= 0.3 is 0 Å². The van der Waals surface area contributed by atoms with Crippen LogP contribution >= 0.6 is 11.6 Å². The van der Waals surface area contributed by atoms with Gasteiger partial charge in [-0.25, -0.2) is 0 Å². The van der Waals surface area contributed by atoms with Gasteiger partial charge in [-0.05, 0) is 12.8 Å². The van der Waals surface area contributed by atoms with Gasteiger partial charge in [0.1, 0.15) is 0 Å². The molecular formula is C11H18ClNO3. The summed E-state index contributed by atoms with van der Waals surface area (Å²) in [6.45, 7) is 1.93. The summed E-state index contributed by atoms with van der Waals surface area (Å²) in [7, 11) is 0. The van der Waals surface area contributed by atoms with Gasteiger partial charge in [-0.2, -0.15) is 0 Å². The number of hydrogen-bond acceptors (Lipinski definition) is 3. The quantitative estimate of drug-likeness (QED) is 0.733. The number of halogens is 1. The fourth-order valence-electron chi connectivity index (χ4n) is 2.58. The standard InChI is InChI=1S/C11H18ClNO3/c12-4-1-10(15)13-5-3-11(8-13)7-9(14)2-6-16-11/h9,14H,1-8H2/t9-,11+/m1/s1. The first-order valence-corrected chi connectivity index (χ1v) is 6.34. The Morgan fingerprint density at radius 1 is 1.62 bits per heavy atom. The first-order chi connectivity index (χ1) is 7.65. The van der Waals surface area contributed by atoms with E-state index in [-0.39, 0.29) is 17.6 Å². The van der Waals surface area contributed by atoms with Crippen molar-refractivity contribution < 1.29 is 14.6 Å². The molecule has 2 atom stereocenters. The highest BCUT2D eigenvalue weighted by atomic mass is 35.5. The lowest BCUT2D eigenvalue weighted by molar-refractivity contribution is -0.135. The van der Waals surface area contributed by atoms with Crippen molar-refractivity contribution in [2.24, 2.45) is 0 Å². The van der Waals surface area contributed by atoms with Crippen molar-refractivity contribution in [2.45, 2.75) is 37.4 Å². The van der Waals surface area contributed by atoms with E-state index in [1.165, 1.54) is 0 Å². The van der Waals surface area contributed by atoms with Gasteiger partial charge in [0.05, 0.1) is 11.7 Å². The molecule has 2 heterocycles. The lowest BCUT2D eigenvalue weighted by Gasteiger charge is -2.36. The number of ether oxygens (including phenoxy) is 1. The summed E-state index contributed by atoms with van der Waals surface area (Å²) in [5, 5.41) is 9.66. The molecule has 2 aliphatic rings. The van der Waals surface area contributed by atoms with Crippen LogP contribution in [-0.4, -0.2) is 53.2 Å². The first kappa shape index (κ1) is 12.1. The number of alkyl halides is 1. The maximum absolute atomic E-state index is 11.7. The zero-order chi connectivity index (χ0) is 11.6. The third-order valence-electron chi connectivity index (χ3n) is 3.44. The first-order valence-electron chi connectivity index (χ1n) is 5.81. The van der Waals surface area contributed by atoms with Crippen molar-refractivity contribution in [3.8, 4) is 0 Å². The SMILES string of the molecule is O=C(CCCl)N1CC[C@]2(C[C@H](O)CCO2)C1. The highest BCUT2D eigenvalue weighted by Crippen LogP contribution is 2.34. The molecule has 2 rings (SSSR count). The normalized spacial score (nSPS) is 34.6. The van der Waals surface area contributed by atoms with Gasteiger partial charge in [0.25, 0.3) is 0 Å². The summed E-state index contributed by atoms with van der Waals surface area (Å²) in [5.41, 5.74) is -0.292. The van der Waals surface area contributed by atoms with E-state index in [1.807, 2.05) is 0 Å². The number of carbonyl (C=O) groups is 1. The minimum atomic E-state index is -0.292. The van der Waals surface area contributed by atoms with E-state index in [9.17, 15) is 9.90 Å². The molecule has 1 N–H and O–H groups in total. The summed E-state index contributed by atoms with van der Waals surface area (Å²) in [5.74, 6) is 0.460. The second kappa shape index (κ2) is 4.90. The summed E-state index contributed by atoms with van der Waals surface area (Å²) in [6, 6.07) is 0. The van der Waals surface area contributed by atoms with Crippen LogP contribution in [0.15, 0.2) is 0 Å². The van der Waals surface area contributed by atoms with E-state index in [0.29, 0.717) is 38.3 Å². The molecule has 16 heavy (non-hydrogen) atoms. The third kappa shape index (κ3) is 2.50. The van der Waals surface area contributed by atoms with Gasteiger partial charge in [-0.3, -0.25) is 4.79 Å². The molecule has 0 unspecified atom stereocenters. The Hall–Kier alpha value is -0.320. The molecule has 0 aromatic carbocycles. The minimum absolute atomic E-state index is 0.0931. The van der Waals surface area contributed by atoms with Gasteiger partial charge in [0, 0.05) is 38.4 Å². The molecule has 0 radical (unpaired) electrons. The van der Waals surface area contributed by atoms with Crippen LogP contribution in [0.1, 0.15) is 25.7 Å². The Bertz CT molecular complexity index is 274. The molecular weight excluding hydrogens is 230 g/mol. The van der Waals surface area contributed by atoms with Crippen molar-refractivity contribution in [1.82, 2.24) is 4.90 Å². The molecule has 92 valence electrons. The topological polar surface area (TPSA) is 49.8 Å². The second-order valence-electron chi connectivity index (χ2n) is 4.68. The smallest absolute Gasteiger partial charge is 0.223 e. The fourth-order valence-corrected chi connectivity index (χ4v) is 2.74. The number of carbonyl (C=O) groups excluding carboxylic acids is 1. The molecule has 2 fully saturated rings. The average Bonchev–Trinajstić information content (AvgIpc) is 2.62. The number of likely N-dealkylation sites (tertiary alicyclic amines) is 1. The minimum Gasteiger partial charge on any atom is -0.393 e. The maximum atomic E-state index is 11.7. The number of aliphatic hydroxyl groups is 1. The van der Waals surface area contributed by atoms with Crippen molar-refractivity contribution in [1.29, 1.82) is 0 Å². The van der Waals surface area contributed by atoms with E-state index >= 15 is 0 Å². The van der Waals surface area contributed by atoms with Crippen molar-refractivity contribution >= 4 is 17.5 Å². The van der Waals surface area contributed by atoms with Crippen LogP contribution in [0.2, 0.25) is 0 Å². The molecule has 0 bridgehead atoms. The van der Waals surface area contributed by atoms with Crippen LogP contribution in [0.25, 0.3) is 0 Å². The lowest BCUT2D eigenvalue weighted by Crippen LogP contribution is -2.44. The maximum Gasteiger partial charge on any atom is 0.223 e. The largest absolute Gasteiger partial charge is 0.393 e. The van der Waals surface area contributed by atoms with Crippen LogP contribution in [0, 0.1) is 0 Å². The van der Waals surface area contributed by atoms with Crippen LogP contribution in [0.3, 0.4) is 0 Å². The van der Waals surface area contributed by atoms with E-state index in [2.05, 4.69) is 0 Å². The highest BCUT2D eigenvalue weighted by Gasteiger charge is 2.43. The van der Waals surface area contributed by atoms with Crippen molar-refractivity contribution in [3.63, 3.8) is 0 Å².